The van der Waals surface area contributed by atoms with Crippen LogP contribution in [0, 0.1) is 12.3 Å². The fourth-order valence-electron chi connectivity index (χ4n) is 1.75. The summed E-state index contributed by atoms with van der Waals surface area (Å²) in [5.41, 5.74) is 6.54. The maximum absolute atomic E-state index is 6.32. The van der Waals surface area contributed by atoms with Crippen LogP contribution in [0.2, 0.25) is 0 Å². The van der Waals surface area contributed by atoms with Crippen LogP contribution in [-0.2, 0) is 5.54 Å². The standard InChI is InChI=1S/C10H14BrNS/c1-6-7(11)4-8(13-6)10(12)5-9(10,2)3/h4H,5,12H2,1-3H3. The molecule has 1 heterocycles. The van der Waals surface area contributed by atoms with Gasteiger partial charge >= 0.3 is 0 Å². The van der Waals surface area contributed by atoms with Crippen molar-refractivity contribution in [3.63, 3.8) is 0 Å². The zero-order valence-electron chi connectivity index (χ0n) is 8.15. The molecule has 0 spiro atoms. The normalized spacial score (nSPS) is 30.5. The molecule has 1 atom stereocenters. The summed E-state index contributed by atoms with van der Waals surface area (Å²) in [5, 5.41) is 0. The SMILES string of the molecule is Cc1sc(C2(N)CC2(C)C)cc1Br. The lowest BCUT2D eigenvalue weighted by Crippen LogP contribution is -2.23. The van der Waals surface area contributed by atoms with E-state index in [2.05, 4.69) is 42.8 Å². The molecule has 1 aliphatic rings. The minimum absolute atomic E-state index is 0.0611. The van der Waals surface area contributed by atoms with Crippen molar-refractivity contribution >= 4 is 27.3 Å². The van der Waals surface area contributed by atoms with Crippen LogP contribution in [0.15, 0.2) is 10.5 Å². The van der Waals surface area contributed by atoms with Gasteiger partial charge in [0, 0.05) is 14.2 Å². The quantitative estimate of drug-likeness (QED) is 0.822. The minimum Gasteiger partial charge on any atom is -0.320 e. The van der Waals surface area contributed by atoms with E-state index >= 15 is 0 Å². The molecule has 2 rings (SSSR count). The molecule has 3 heteroatoms. The summed E-state index contributed by atoms with van der Waals surface area (Å²) in [4.78, 5) is 2.64. The number of halogens is 1. The van der Waals surface area contributed by atoms with Gasteiger partial charge in [0.1, 0.15) is 0 Å². The van der Waals surface area contributed by atoms with Crippen molar-refractivity contribution in [1.82, 2.24) is 0 Å². The van der Waals surface area contributed by atoms with Crippen molar-refractivity contribution in [2.45, 2.75) is 32.7 Å². The maximum atomic E-state index is 6.32. The number of thiophene rings is 1. The van der Waals surface area contributed by atoms with Crippen molar-refractivity contribution in [3.8, 4) is 0 Å². The first kappa shape index (κ1) is 9.69. The molecule has 72 valence electrons. The first-order chi connectivity index (χ1) is 5.87. The molecule has 1 aliphatic carbocycles. The summed E-state index contributed by atoms with van der Waals surface area (Å²) >= 11 is 5.34. The Balaban J connectivity index is 2.38. The van der Waals surface area contributed by atoms with Crippen molar-refractivity contribution in [2.75, 3.05) is 0 Å². The molecule has 1 unspecified atom stereocenters. The third-order valence-electron chi connectivity index (χ3n) is 3.10. The van der Waals surface area contributed by atoms with E-state index in [9.17, 15) is 0 Å². The molecule has 0 amide bonds. The molecule has 1 nitrogen and oxygen atoms in total. The molecular formula is C10H14BrNS. The lowest BCUT2D eigenvalue weighted by Gasteiger charge is -2.12. The second-order valence-electron chi connectivity index (χ2n) is 4.55. The van der Waals surface area contributed by atoms with Gasteiger partial charge in [0.25, 0.3) is 0 Å². The molecule has 0 aliphatic heterocycles. The molecule has 1 aromatic rings. The second kappa shape index (κ2) is 2.59. The molecular weight excluding hydrogens is 246 g/mol. The number of hydrogen-bond acceptors (Lipinski definition) is 2. The van der Waals surface area contributed by atoms with Crippen LogP contribution >= 0.6 is 27.3 Å². The van der Waals surface area contributed by atoms with Gasteiger partial charge in [-0.1, -0.05) is 13.8 Å². The summed E-state index contributed by atoms with van der Waals surface area (Å²) in [7, 11) is 0. The van der Waals surface area contributed by atoms with E-state index in [1.165, 1.54) is 14.2 Å². The smallest absolute Gasteiger partial charge is 0.0562 e. The van der Waals surface area contributed by atoms with Gasteiger partial charge in [-0.15, -0.1) is 11.3 Å². The van der Waals surface area contributed by atoms with Crippen LogP contribution < -0.4 is 5.73 Å². The zero-order valence-corrected chi connectivity index (χ0v) is 10.6. The fraction of sp³-hybridized carbons (Fsp3) is 0.600. The zero-order chi connectivity index (χ0) is 9.85. The Morgan fingerprint density at radius 2 is 2.08 bits per heavy atom. The van der Waals surface area contributed by atoms with Gasteiger partial charge in [0.2, 0.25) is 0 Å². The molecule has 0 bridgehead atoms. The third kappa shape index (κ3) is 1.29. The fourth-order valence-corrected chi connectivity index (χ4v) is 3.57. The first-order valence-corrected chi connectivity index (χ1v) is 6.03. The molecule has 0 radical (unpaired) electrons. The Labute approximate surface area is 91.5 Å². The average Bonchev–Trinajstić information content (AvgIpc) is 2.34. The highest BCUT2D eigenvalue weighted by Crippen LogP contribution is 2.62. The molecule has 1 saturated carbocycles. The summed E-state index contributed by atoms with van der Waals surface area (Å²) in [6.45, 7) is 6.59. The van der Waals surface area contributed by atoms with E-state index in [0.29, 0.717) is 0 Å². The lowest BCUT2D eigenvalue weighted by molar-refractivity contribution is 0.516. The Bertz CT molecular complexity index is 336. The van der Waals surface area contributed by atoms with Gasteiger partial charge < -0.3 is 5.73 Å². The van der Waals surface area contributed by atoms with Gasteiger partial charge in [-0.3, -0.25) is 0 Å². The lowest BCUT2D eigenvalue weighted by atomic mass is 10.0. The third-order valence-corrected chi connectivity index (χ3v) is 5.41. The summed E-state index contributed by atoms with van der Waals surface area (Å²) in [6, 6.07) is 2.18. The summed E-state index contributed by atoms with van der Waals surface area (Å²) < 4.78 is 1.19. The predicted octanol–water partition coefficient (Wildman–Crippen LogP) is 3.40. The summed E-state index contributed by atoms with van der Waals surface area (Å²) in [6.07, 6.45) is 1.10. The van der Waals surface area contributed by atoms with Gasteiger partial charge in [0.15, 0.2) is 0 Å². The van der Waals surface area contributed by atoms with Crippen LogP contribution in [0.25, 0.3) is 0 Å². The molecule has 1 fully saturated rings. The second-order valence-corrected chi connectivity index (χ2v) is 6.66. The Morgan fingerprint density at radius 3 is 2.38 bits per heavy atom. The van der Waals surface area contributed by atoms with Gasteiger partial charge in [-0.25, -0.2) is 0 Å². The number of hydrogen-bond donors (Lipinski definition) is 1. The predicted molar refractivity (Wildman–Crippen MR) is 61.0 cm³/mol. The van der Waals surface area contributed by atoms with Crippen molar-refractivity contribution < 1.29 is 0 Å². The Kier molecular flexibility index (Phi) is 1.93. The minimum atomic E-state index is -0.0611. The van der Waals surface area contributed by atoms with E-state index in [1.54, 1.807) is 0 Å². The molecule has 0 aromatic carbocycles. The van der Waals surface area contributed by atoms with Gasteiger partial charge in [0.05, 0.1) is 5.54 Å². The van der Waals surface area contributed by atoms with E-state index in [-0.39, 0.29) is 11.0 Å². The molecule has 2 N–H and O–H groups in total. The van der Waals surface area contributed by atoms with Gasteiger partial charge in [-0.05, 0) is 40.8 Å². The molecule has 13 heavy (non-hydrogen) atoms. The van der Waals surface area contributed by atoms with Crippen molar-refractivity contribution in [3.05, 3.63) is 20.3 Å². The Hall–Kier alpha value is 0.140. The number of rotatable bonds is 1. The Morgan fingerprint density at radius 1 is 1.54 bits per heavy atom. The highest BCUT2D eigenvalue weighted by Gasteiger charge is 2.60. The maximum Gasteiger partial charge on any atom is 0.0562 e. The number of nitrogens with two attached hydrogens (primary N) is 1. The highest BCUT2D eigenvalue weighted by atomic mass is 79.9. The van der Waals surface area contributed by atoms with Crippen LogP contribution in [0.1, 0.15) is 30.0 Å². The van der Waals surface area contributed by atoms with Crippen LogP contribution in [0.4, 0.5) is 0 Å². The molecule has 1 aromatic heterocycles. The van der Waals surface area contributed by atoms with Crippen molar-refractivity contribution in [1.29, 1.82) is 0 Å². The van der Waals surface area contributed by atoms with E-state index < -0.39 is 0 Å². The monoisotopic (exact) mass is 259 g/mol. The highest BCUT2D eigenvalue weighted by molar-refractivity contribution is 9.10. The van der Waals surface area contributed by atoms with Crippen molar-refractivity contribution in [2.24, 2.45) is 11.1 Å². The van der Waals surface area contributed by atoms with E-state index in [4.69, 9.17) is 5.73 Å². The topological polar surface area (TPSA) is 26.0 Å². The van der Waals surface area contributed by atoms with Crippen LogP contribution in [0.5, 0.6) is 0 Å². The average molecular weight is 260 g/mol. The molecule has 0 saturated heterocycles. The van der Waals surface area contributed by atoms with Crippen LogP contribution in [0.3, 0.4) is 0 Å². The summed E-state index contributed by atoms with van der Waals surface area (Å²) in [5.74, 6) is 0. The van der Waals surface area contributed by atoms with E-state index in [1.807, 2.05) is 11.3 Å². The van der Waals surface area contributed by atoms with Gasteiger partial charge in [-0.2, -0.15) is 0 Å². The first-order valence-electron chi connectivity index (χ1n) is 4.42. The van der Waals surface area contributed by atoms with Crippen LogP contribution in [-0.4, -0.2) is 0 Å². The number of aryl methyl sites for hydroxylation is 1. The van der Waals surface area contributed by atoms with E-state index in [0.717, 1.165) is 6.42 Å². The largest absolute Gasteiger partial charge is 0.320 e.